The van der Waals surface area contributed by atoms with Gasteiger partial charge in [-0.05, 0) is 26.7 Å². The van der Waals surface area contributed by atoms with Gasteiger partial charge >= 0.3 is 0 Å². The fourth-order valence-electron chi connectivity index (χ4n) is 0.701. The number of hydrogen-bond donors (Lipinski definition) is 2. The molecule has 0 radical (unpaired) electrons. The van der Waals surface area contributed by atoms with Gasteiger partial charge in [0.25, 0.3) is 0 Å². The highest BCUT2D eigenvalue weighted by Crippen LogP contribution is 2.21. The van der Waals surface area contributed by atoms with Gasteiger partial charge in [0.15, 0.2) is 0 Å². The maximum absolute atomic E-state index is 11.4. The molecule has 0 bridgehead atoms. The Labute approximate surface area is 67.3 Å². The van der Waals surface area contributed by atoms with Crippen molar-refractivity contribution in [1.29, 1.82) is 0 Å². The highest BCUT2D eigenvalue weighted by Gasteiger charge is 2.31. The Morgan fingerprint density at radius 2 is 2.18 bits per heavy atom. The van der Waals surface area contributed by atoms with Crippen LogP contribution in [0, 0.1) is 5.41 Å². The molecule has 0 aromatic carbocycles. The molecular weight excluding hydrogens is 140 g/mol. The molecule has 1 aliphatic carbocycles. The fourth-order valence-corrected chi connectivity index (χ4v) is 0.701. The van der Waals surface area contributed by atoms with Crippen molar-refractivity contribution in [2.45, 2.75) is 32.7 Å². The van der Waals surface area contributed by atoms with Gasteiger partial charge in [-0.3, -0.25) is 4.79 Å². The van der Waals surface area contributed by atoms with Crippen LogP contribution in [0.2, 0.25) is 0 Å². The van der Waals surface area contributed by atoms with Crippen molar-refractivity contribution in [3.05, 3.63) is 0 Å². The second-order valence-corrected chi connectivity index (χ2v) is 3.84. The predicted molar refractivity (Wildman–Crippen MR) is 44.0 cm³/mol. The van der Waals surface area contributed by atoms with Crippen molar-refractivity contribution in [2.24, 2.45) is 11.1 Å². The fraction of sp³-hybridized carbons (Fsp3) is 0.875. The van der Waals surface area contributed by atoms with Crippen LogP contribution in [0.3, 0.4) is 0 Å². The van der Waals surface area contributed by atoms with Crippen molar-refractivity contribution in [3.63, 3.8) is 0 Å². The van der Waals surface area contributed by atoms with E-state index in [0.29, 0.717) is 12.6 Å². The van der Waals surface area contributed by atoms with Crippen LogP contribution in [0.1, 0.15) is 26.7 Å². The van der Waals surface area contributed by atoms with E-state index in [1.807, 2.05) is 13.8 Å². The molecule has 0 spiro atoms. The minimum Gasteiger partial charge on any atom is -0.353 e. The Bertz CT molecular complexity index is 161. The zero-order valence-electron chi connectivity index (χ0n) is 7.18. The Morgan fingerprint density at radius 3 is 2.55 bits per heavy atom. The Kier molecular flexibility index (Phi) is 2.18. The van der Waals surface area contributed by atoms with E-state index in [-0.39, 0.29) is 5.91 Å². The second-order valence-electron chi connectivity index (χ2n) is 3.84. The topological polar surface area (TPSA) is 55.1 Å². The van der Waals surface area contributed by atoms with E-state index in [0.717, 1.165) is 12.8 Å². The lowest BCUT2D eigenvalue weighted by atomic mass is 9.93. The van der Waals surface area contributed by atoms with Gasteiger partial charge in [0.05, 0.1) is 5.41 Å². The smallest absolute Gasteiger partial charge is 0.227 e. The van der Waals surface area contributed by atoms with E-state index < -0.39 is 5.41 Å². The van der Waals surface area contributed by atoms with Crippen LogP contribution in [0.4, 0.5) is 0 Å². The molecule has 11 heavy (non-hydrogen) atoms. The van der Waals surface area contributed by atoms with Crippen molar-refractivity contribution >= 4 is 5.91 Å². The van der Waals surface area contributed by atoms with E-state index in [1.165, 1.54) is 0 Å². The molecule has 1 fully saturated rings. The van der Waals surface area contributed by atoms with Crippen molar-refractivity contribution in [2.75, 3.05) is 6.54 Å². The highest BCUT2D eigenvalue weighted by atomic mass is 16.2. The molecule has 1 rings (SSSR count). The zero-order valence-corrected chi connectivity index (χ0v) is 7.18. The van der Waals surface area contributed by atoms with E-state index >= 15 is 0 Å². The standard InChI is InChI=1S/C8H16N2O/c1-8(2,5-9)7(11)10-6-3-4-6/h6H,3-5,9H2,1-2H3,(H,10,11). The maximum Gasteiger partial charge on any atom is 0.227 e. The first-order valence-corrected chi connectivity index (χ1v) is 4.07. The SMILES string of the molecule is CC(C)(CN)C(=O)NC1CC1. The lowest BCUT2D eigenvalue weighted by Crippen LogP contribution is -2.42. The minimum atomic E-state index is -0.400. The third kappa shape index (κ3) is 2.19. The number of carbonyl (C=O) groups is 1. The number of rotatable bonds is 3. The average molecular weight is 156 g/mol. The van der Waals surface area contributed by atoms with E-state index in [4.69, 9.17) is 5.73 Å². The van der Waals surface area contributed by atoms with Gasteiger partial charge in [0.1, 0.15) is 0 Å². The molecule has 0 unspecified atom stereocenters. The summed E-state index contributed by atoms with van der Waals surface area (Å²) >= 11 is 0. The average Bonchev–Trinajstić information content (AvgIpc) is 2.72. The predicted octanol–water partition coefficient (Wildman–Crippen LogP) is 0.250. The Morgan fingerprint density at radius 1 is 1.64 bits per heavy atom. The van der Waals surface area contributed by atoms with Crippen molar-refractivity contribution in [1.82, 2.24) is 5.32 Å². The summed E-state index contributed by atoms with van der Waals surface area (Å²) in [6.45, 7) is 4.14. The van der Waals surface area contributed by atoms with Gasteiger partial charge in [-0.15, -0.1) is 0 Å². The molecule has 0 aromatic rings. The minimum absolute atomic E-state index is 0.0856. The Hall–Kier alpha value is -0.570. The second kappa shape index (κ2) is 2.81. The number of nitrogens with two attached hydrogens (primary N) is 1. The lowest BCUT2D eigenvalue weighted by Gasteiger charge is -2.20. The summed E-state index contributed by atoms with van der Waals surface area (Å²) < 4.78 is 0. The first-order valence-electron chi connectivity index (χ1n) is 4.07. The molecule has 64 valence electrons. The quantitative estimate of drug-likeness (QED) is 0.615. The van der Waals surface area contributed by atoms with Gasteiger partial charge in [-0.1, -0.05) is 0 Å². The maximum atomic E-state index is 11.4. The van der Waals surface area contributed by atoms with E-state index in [9.17, 15) is 4.79 Å². The molecule has 0 aliphatic heterocycles. The molecule has 0 atom stereocenters. The molecule has 3 heteroatoms. The largest absolute Gasteiger partial charge is 0.353 e. The molecule has 0 saturated heterocycles. The zero-order chi connectivity index (χ0) is 8.48. The van der Waals surface area contributed by atoms with Crippen LogP contribution in [0.25, 0.3) is 0 Å². The summed E-state index contributed by atoms with van der Waals surface area (Å²) in [5.41, 5.74) is 5.04. The van der Waals surface area contributed by atoms with E-state index in [2.05, 4.69) is 5.32 Å². The van der Waals surface area contributed by atoms with Crippen LogP contribution >= 0.6 is 0 Å². The summed E-state index contributed by atoms with van der Waals surface area (Å²) in [7, 11) is 0. The van der Waals surface area contributed by atoms with Crippen LogP contribution in [-0.2, 0) is 4.79 Å². The number of hydrogen-bond acceptors (Lipinski definition) is 2. The van der Waals surface area contributed by atoms with E-state index in [1.54, 1.807) is 0 Å². The molecule has 1 saturated carbocycles. The van der Waals surface area contributed by atoms with Crippen LogP contribution in [0.5, 0.6) is 0 Å². The molecule has 1 amide bonds. The van der Waals surface area contributed by atoms with Gasteiger partial charge in [-0.2, -0.15) is 0 Å². The van der Waals surface area contributed by atoms with Crippen molar-refractivity contribution in [3.8, 4) is 0 Å². The number of amides is 1. The van der Waals surface area contributed by atoms with Gasteiger partial charge in [0.2, 0.25) is 5.91 Å². The normalized spacial score (nSPS) is 18.1. The lowest BCUT2D eigenvalue weighted by molar-refractivity contribution is -0.129. The third-order valence-electron chi connectivity index (χ3n) is 2.04. The van der Waals surface area contributed by atoms with Crippen LogP contribution < -0.4 is 11.1 Å². The van der Waals surface area contributed by atoms with Crippen LogP contribution in [-0.4, -0.2) is 18.5 Å². The number of nitrogens with one attached hydrogen (secondary N) is 1. The summed E-state index contributed by atoms with van der Waals surface area (Å²) in [4.78, 5) is 11.4. The van der Waals surface area contributed by atoms with Gasteiger partial charge < -0.3 is 11.1 Å². The first-order chi connectivity index (χ1) is 5.06. The summed E-state index contributed by atoms with van der Waals surface area (Å²) in [5, 5.41) is 2.93. The molecular formula is C8H16N2O. The van der Waals surface area contributed by atoms with Gasteiger partial charge in [-0.25, -0.2) is 0 Å². The molecule has 0 heterocycles. The van der Waals surface area contributed by atoms with Crippen molar-refractivity contribution < 1.29 is 4.79 Å². The Balaban J connectivity index is 2.37. The summed E-state index contributed by atoms with van der Waals surface area (Å²) in [5.74, 6) is 0.0856. The summed E-state index contributed by atoms with van der Waals surface area (Å²) in [6, 6.07) is 0.438. The monoisotopic (exact) mass is 156 g/mol. The summed E-state index contributed by atoms with van der Waals surface area (Å²) in [6.07, 6.45) is 2.26. The molecule has 3 N–H and O–H groups in total. The molecule has 3 nitrogen and oxygen atoms in total. The third-order valence-corrected chi connectivity index (χ3v) is 2.04. The molecule has 0 aromatic heterocycles. The molecule has 1 aliphatic rings. The first kappa shape index (κ1) is 8.53. The van der Waals surface area contributed by atoms with Gasteiger partial charge in [0, 0.05) is 12.6 Å². The number of carbonyl (C=O) groups excluding carboxylic acids is 1. The van der Waals surface area contributed by atoms with Crippen LogP contribution in [0.15, 0.2) is 0 Å². The highest BCUT2D eigenvalue weighted by molar-refractivity contribution is 5.82.